The summed E-state index contributed by atoms with van der Waals surface area (Å²) in [5, 5.41) is 0. The van der Waals surface area contributed by atoms with Gasteiger partial charge in [-0.2, -0.15) is 0 Å². The van der Waals surface area contributed by atoms with E-state index in [1.54, 1.807) is 0 Å². The second-order valence-electron chi connectivity index (χ2n) is 8.84. The molecule has 2 fully saturated rings. The van der Waals surface area contributed by atoms with Crippen LogP contribution in [0.3, 0.4) is 0 Å². The summed E-state index contributed by atoms with van der Waals surface area (Å²) in [7, 11) is 1.36. The van der Waals surface area contributed by atoms with Crippen molar-refractivity contribution in [2.24, 2.45) is 17.3 Å². The van der Waals surface area contributed by atoms with Crippen molar-refractivity contribution in [2.75, 3.05) is 13.7 Å². The number of carbonyl (C=O) groups excluding carboxylic acids is 3. The lowest BCUT2D eigenvalue weighted by Gasteiger charge is -2.48. The first kappa shape index (κ1) is 17.9. The fourth-order valence-corrected chi connectivity index (χ4v) is 5.90. The van der Waals surface area contributed by atoms with Crippen molar-refractivity contribution in [1.29, 1.82) is 0 Å². The summed E-state index contributed by atoms with van der Waals surface area (Å²) in [6.45, 7) is 4.44. The van der Waals surface area contributed by atoms with Crippen LogP contribution >= 0.6 is 0 Å². The van der Waals surface area contributed by atoms with E-state index in [1.165, 1.54) is 7.11 Å². The Kier molecular flexibility index (Phi) is 3.61. The molecular weight excluding hydrogens is 360 g/mol. The van der Waals surface area contributed by atoms with Gasteiger partial charge < -0.3 is 14.2 Å². The Hall–Kier alpha value is -2.21. The molecule has 5 unspecified atom stereocenters. The molecule has 0 aromatic carbocycles. The number of hydrogen-bond donors (Lipinski definition) is 0. The van der Waals surface area contributed by atoms with E-state index in [1.807, 2.05) is 19.1 Å². The van der Waals surface area contributed by atoms with E-state index in [0.717, 1.165) is 29.6 Å². The topological polar surface area (TPSA) is 82.2 Å². The molecule has 0 bridgehead atoms. The molecule has 5 atom stereocenters. The molecule has 1 spiro atoms. The van der Waals surface area contributed by atoms with Crippen molar-refractivity contribution in [1.82, 2.24) is 0 Å². The lowest BCUT2D eigenvalue weighted by atomic mass is 9.52. The maximum atomic E-state index is 13.5. The zero-order valence-corrected chi connectivity index (χ0v) is 16.4. The van der Waals surface area contributed by atoms with E-state index in [4.69, 9.17) is 14.2 Å². The van der Waals surface area contributed by atoms with E-state index in [0.29, 0.717) is 18.6 Å². The molecule has 0 aromatic heterocycles. The molecule has 5 rings (SSSR count). The van der Waals surface area contributed by atoms with Crippen molar-refractivity contribution in [2.45, 2.75) is 51.2 Å². The van der Waals surface area contributed by atoms with Gasteiger partial charge in [-0.15, -0.1) is 0 Å². The molecule has 1 saturated heterocycles. The minimum Gasteiger partial charge on any atom is -0.469 e. The number of Topliss-reactive ketones (excluding diaryl/α,β-unsaturated/α-hetero) is 1. The van der Waals surface area contributed by atoms with Gasteiger partial charge in [0.2, 0.25) is 0 Å². The molecule has 2 heterocycles. The Morgan fingerprint density at radius 3 is 2.89 bits per heavy atom. The zero-order chi connectivity index (χ0) is 19.8. The number of ether oxygens (including phenoxy) is 3. The molecule has 28 heavy (non-hydrogen) atoms. The third kappa shape index (κ3) is 2.10. The average molecular weight is 384 g/mol. The quantitative estimate of drug-likeness (QED) is 0.549. The van der Waals surface area contributed by atoms with Gasteiger partial charge in [0, 0.05) is 11.1 Å². The summed E-state index contributed by atoms with van der Waals surface area (Å²) in [5.74, 6) is -0.563. The van der Waals surface area contributed by atoms with E-state index in [-0.39, 0.29) is 47.5 Å². The Labute approximate surface area is 163 Å². The van der Waals surface area contributed by atoms with Crippen LogP contribution in [0, 0.1) is 17.3 Å². The van der Waals surface area contributed by atoms with Crippen LogP contribution in [0.1, 0.15) is 39.5 Å². The normalized spacial score (nSPS) is 39.0. The number of ketones is 1. The van der Waals surface area contributed by atoms with Crippen LogP contribution < -0.4 is 0 Å². The number of allylic oxidation sites excluding steroid dienone is 2. The van der Waals surface area contributed by atoms with Crippen LogP contribution in [-0.2, 0) is 28.6 Å². The Balaban J connectivity index is 1.53. The Bertz CT molecular complexity index is 908. The molecule has 0 amide bonds. The molecule has 5 aliphatic rings. The number of methoxy groups -OCH3 is 1. The number of epoxide rings is 1. The summed E-state index contributed by atoms with van der Waals surface area (Å²) in [4.78, 5) is 37.1. The van der Waals surface area contributed by atoms with Crippen molar-refractivity contribution < 1.29 is 28.6 Å². The van der Waals surface area contributed by atoms with E-state index in [9.17, 15) is 14.4 Å². The van der Waals surface area contributed by atoms with E-state index in [2.05, 4.69) is 6.92 Å². The van der Waals surface area contributed by atoms with E-state index < -0.39 is 5.60 Å². The molecule has 0 aromatic rings. The molecule has 0 N–H and O–H groups in total. The monoisotopic (exact) mass is 384 g/mol. The number of carbonyl (C=O) groups is 3. The SMILES string of the molecule is COC(=O)CC(C)C1=CC=C2C3(C)CCC4=C(COC4=O)C3CC3OC23C1=O. The molecule has 6 nitrogen and oxygen atoms in total. The zero-order valence-electron chi connectivity index (χ0n) is 16.4. The van der Waals surface area contributed by atoms with Crippen molar-refractivity contribution in [3.8, 4) is 0 Å². The summed E-state index contributed by atoms with van der Waals surface area (Å²) in [5.41, 5.74) is 2.51. The maximum absolute atomic E-state index is 13.5. The average Bonchev–Trinajstić information content (AvgIpc) is 3.27. The van der Waals surface area contributed by atoms with Crippen molar-refractivity contribution in [3.63, 3.8) is 0 Å². The van der Waals surface area contributed by atoms with E-state index >= 15 is 0 Å². The van der Waals surface area contributed by atoms with Gasteiger partial charge in [0.25, 0.3) is 0 Å². The second-order valence-corrected chi connectivity index (χ2v) is 8.84. The van der Waals surface area contributed by atoms with Crippen LogP contribution in [0.2, 0.25) is 0 Å². The van der Waals surface area contributed by atoms with Crippen LogP contribution in [0.15, 0.2) is 34.4 Å². The highest BCUT2D eigenvalue weighted by Crippen LogP contribution is 2.67. The molecule has 148 valence electrons. The molecule has 0 radical (unpaired) electrons. The standard InChI is InChI=1S/C22H24O6/c1-11(8-18(23)26-3)12-4-5-16-21(2)7-6-13-14(10-27-20(13)25)15(21)9-17-22(16,28-17)19(12)24/h4-5,11,15,17H,6-10H2,1-3H3. The number of rotatable bonds is 3. The highest BCUT2D eigenvalue weighted by molar-refractivity contribution is 6.09. The van der Waals surface area contributed by atoms with Crippen LogP contribution in [0.25, 0.3) is 0 Å². The van der Waals surface area contributed by atoms with Gasteiger partial charge in [-0.1, -0.05) is 26.0 Å². The fraction of sp³-hybridized carbons (Fsp3) is 0.591. The van der Waals surface area contributed by atoms with Gasteiger partial charge >= 0.3 is 11.9 Å². The first-order valence-corrected chi connectivity index (χ1v) is 9.94. The van der Waals surface area contributed by atoms with Gasteiger partial charge in [0.15, 0.2) is 11.4 Å². The smallest absolute Gasteiger partial charge is 0.334 e. The first-order valence-electron chi connectivity index (χ1n) is 9.94. The molecule has 2 aliphatic heterocycles. The van der Waals surface area contributed by atoms with Gasteiger partial charge in [0.05, 0.1) is 13.5 Å². The minimum absolute atomic E-state index is 0.00963. The lowest BCUT2D eigenvalue weighted by molar-refractivity contribution is -0.141. The van der Waals surface area contributed by atoms with Crippen molar-refractivity contribution >= 4 is 17.7 Å². The van der Waals surface area contributed by atoms with Crippen LogP contribution in [-0.4, -0.2) is 43.1 Å². The maximum Gasteiger partial charge on any atom is 0.334 e. The number of cyclic esters (lactones) is 1. The largest absolute Gasteiger partial charge is 0.469 e. The summed E-state index contributed by atoms with van der Waals surface area (Å²) in [6.07, 6.45) is 6.14. The fourth-order valence-electron chi connectivity index (χ4n) is 5.90. The van der Waals surface area contributed by atoms with Gasteiger partial charge in [0.1, 0.15) is 12.7 Å². The number of fused-ring (bicyclic) bond motifs is 3. The first-order chi connectivity index (χ1) is 13.3. The number of esters is 2. The molecular formula is C22H24O6. The molecule has 6 heteroatoms. The predicted molar refractivity (Wildman–Crippen MR) is 98.0 cm³/mol. The second kappa shape index (κ2) is 5.66. The Morgan fingerprint density at radius 2 is 2.14 bits per heavy atom. The minimum atomic E-state index is -0.874. The van der Waals surface area contributed by atoms with Crippen molar-refractivity contribution in [3.05, 3.63) is 34.4 Å². The third-order valence-electron chi connectivity index (χ3n) is 7.53. The van der Waals surface area contributed by atoms with Gasteiger partial charge in [-0.25, -0.2) is 4.79 Å². The highest BCUT2D eigenvalue weighted by atomic mass is 16.6. The molecule has 1 saturated carbocycles. The predicted octanol–water partition coefficient (Wildman–Crippen LogP) is 2.43. The summed E-state index contributed by atoms with van der Waals surface area (Å²) in [6, 6.07) is 0. The lowest BCUT2D eigenvalue weighted by Crippen LogP contribution is -2.50. The number of hydrogen-bond acceptors (Lipinski definition) is 6. The van der Waals surface area contributed by atoms with Crippen LogP contribution in [0.5, 0.6) is 0 Å². The molecule has 3 aliphatic carbocycles. The highest BCUT2D eigenvalue weighted by Gasteiger charge is 2.73. The van der Waals surface area contributed by atoms with Gasteiger partial charge in [-0.05, 0) is 47.7 Å². The Morgan fingerprint density at radius 1 is 1.36 bits per heavy atom. The third-order valence-corrected chi connectivity index (χ3v) is 7.53. The van der Waals surface area contributed by atoms with Gasteiger partial charge in [-0.3, -0.25) is 9.59 Å². The summed E-state index contributed by atoms with van der Waals surface area (Å²) < 4.78 is 16.2. The van der Waals surface area contributed by atoms with Crippen LogP contribution in [0.4, 0.5) is 0 Å². The summed E-state index contributed by atoms with van der Waals surface area (Å²) >= 11 is 0.